The van der Waals surface area contributed by atoms with Crippen LogP contribution in [0.2, 0.25) is 0 Å². The molecule has 0 radical (unpaired) electrons. The van der Waals surface area contributed by atoms with Crippen LogP contribution in [0.5, 0.6) is 0 Å². The Bertz CT molecular complexity index is 264. The molecule has 2 heteroatoms. The molecule has 2 nitrogen and oxygen atoms in total. The van der Waals surface area contributed by atoms with Crippen molar-refractivity contribution < 1.29 is 0 Å². The van der Waals surface area contributed by atoms with Gasteiger partial charge in [-0.2, -0.15) is 0 Å². The van der Waals surface area contributed by atoms with E-state index in [-0.39, 0.29) is 0 Å². The number of rotatable bonds is 5. The van der Waals surface area contributed by atoms with E-state index in [1.807, 2.05) is 0 Å². The first-order valence-electron chi connectivity index (χ1n) is 8.64. The molecule has 0 amide bonds. The second kappa shape index (κ2) is 7.08. The number of nitrogens with two attached hydrogens (primary N) is 1. The third kappa shape index (κ3) is 3.33. The van der Waals surface area contributed by atoms with Crippen LogP contribution in [0.15, 0.2) is 0 Å². The molecule has 19 heavy (non-hydrogen) atoms. The maximum atomic E-state index is 6.01. The van der Waals surface area contributed by atoms with Gasteiger partial charge in [0.15, 0.2) is 0 Å². The molecule has 2 N–H and O–H groups in total. The van der Waals surface area contributed by atoms with Gasteiger partial charge in [-0.3, -0.25) is 4.90 Å². The number of nitrogens with zero attached hydrogens (tertiary/aromatic N) is 1. The molecule has 0 heterocycles. The van der Waals surface area contributed by atoms with E-state index in [1.54, 1.807) is 0 Å². The average molecular weight is 266 g/mol. The first kappa shape index (κ1) is 15.3. The van der Waals surface area contributed by atoms with Gasteiger partial charge in [0.1, 0.15) is 0 Å². The highest BCUT2D eigenvalue weighted by Gasteiger charge is 2.38. The second-order valence-electron chi connectivity index (χ2n) is 7.08. The largest absolute Gasteiger partial charge is 0.330 e. The molecule has 0 aromatic carbocycles. The van der Waals surface area contributed by atoms with Crippen LogP contribution in [0.25, 0.3) is 0 Å². The third-order valence-corrected chi connectivity index (χ3v) is 5.78. The van der Waals surface area contributed by atoms with Gasteiger partial charge < -0.3 is 5.73 Å². The molecule has 0 bridgehead atoms. The van der Waals surface area contributed by atoms with Crippen molar-refractivity contribution in [2.24, 2.45) is 23.5 Å². The summed E-state index contributed by atoms with van der Waals surface area (Å²) in [6.07, 6.45) is 9.88. The Balaban J connectivity index is 2.10. The van der Waals surface area contributed by atoms with E-state index >= 15 is 0 Å². The van der Waals surface area contributed by atoms with Gasteiger partial charge in [-0.15, -0.1) is 0 Å². The molecule has 0 aromatic rings. The summed E-state index contributed by atoms with van der Waals surface area (Å²) in [5, 5.41) is 0. The highest BCUT2D eigenvalue weighted by atomic mass is 15.2. The van der Waals surface area contributed by atoms with Crippen LogP contribution in [0.1, 0.15) is 65.7 Å². The van der Waals surface area contributed by atoms with E-state index < -0.39 is 0 Å². The molecular formula is C17H34N2. The van der Waals surface area contributed by atoms with E-state index in [2.05, 4.69) is 25.7 Å². The molecule has 2 rings (SSSR count). The Hall–Kier alpha value is -0.0800. The van der Waals surface area contributed by atoms with Crippen LogP contribution in [0.3, 0.4) is 0 Å². The van der Waals surface area contributed by atoms with E-state index in [1.165, 1.54) is 51.5 Å². The Morgan fingerprint density at radius 2 is 1.68 bits per heavy atom. The Morgan fingerprint density at radius 3 is 2.32 bits per heavy atom. The molecule has 2 aliphatic rings. The van der Waals surface area contributed by atoms with Crippen molar-refractivity contribution in [3.8, 4) is 0 Å². The standard InChI is InChI=1S/C17H34N2/c1-4-19(16-11-7-8-14(16)12-18)17-10-6-5-9-15(17)13(2)3/h13-17H,4-12,18H2,1-3H3. The van der Waals surface area contributed by atoms with Crippen LogP contribution in [-0.2, 0) is 0 Å². The lowest BCUT2D eigenvalue weighted by Crippen LogP contribution is -2.51. The van der Waals surface area contributed by atoms with Gasteiger partial charge in [0.25, 0.3) is 0 Å². The molecular weight excluding hydrogens is 232 g/mol. The summed E-state index contributed by atoms with van der Waals surface area (Å²) >= 11 is 0. The smallest absolute Gasteiger partial charge is 0.0138 e. The van der Waals surface area contributed by atoms with Crippen molar-refractivity contribution in [3.05, 3.63) is 0 Å². The monoisotopic (exact) mass is 266 g/mol. The Labute approximate surface area is 120 Å². The molecule has 0 aliphatic heterocycles. The Morgan fingerprint density at radius 1 is 1.00 bits per heavy atom. The normalized spacial score (nSPS) is 36.3. The van der Waals surface area contributed by atoms with Crippen LogP contribution in [0, 0.1) is 17.8 Å². The van der Waals surface area contributed by atoms with Crippen LogP contribution < -0.4 is 5.73 Å². The topological polar surface area (TPSA) is 29.3 Å². The minimum absolute atomic E-state index is 0.759. The van der Waals surface area contributed by atoms with Crippen LogP contribution >= 0.6 is 0 Å². The molecule has 0 aromatic heterocycles. The summed E-state index contributed by atoms with van der Waals surface area (Å²) in [5.41, 5.74) is 6.01. The van der Waals surface area contributed by atoms with Crippen LogP contribution in [0.4, 0.5) is 0 Å². The van der Waals surface area contributed by atoms with Crippen molar-refractivity contribution in [2.75, 3.05) is 13.1 Å². The molecule has 2 saturated carbocycles. The fraction of sp³-hybridized carbons (Fsp3) is 1.00. The van der Waals surface area contributed by atoms with Crippen molar-refractivity contribution in [1.82, 2.24) is 4.90 Å². The van der Waals surface area contributed by atoms with E-state index in [9.17, 15) is 0 Å². The molecule has 112 valence electrons. The van der Waals surface area contributed by atoms with Crippen LogP contribution in [-0.4, -0.2) is 30.1 Å². The predicted molar refractivity (Wildman–Crippen MR) is 83.1 cm³/mol. The molecule has 2 fully saturated rings. The highest BCUT2D eigenvalue weighted by molar-refractivity contribution is 4.93. The maximum absolute atomic E-state index is 6.01. The molecule has 4 unspecified atom stereocenters. The van der Waals surface area contributed by atoms with Gasteiger partial charge in [-0.25, -0.2) is 0 Å². The minimum atomic E-state index is 0.759. The van der Waals surface area contributed by atoms with Gasteiger partial charge in [-0.1, -0.05) is 40.0 Å². The fourth-order valence-electron chi connectivity index (χ4n) is 4.77. The average Bonchev–Trinajstić information content (AvgIpc) is 2.88. The lowest BCUT2D eigenvalue weighted by Gasteiger charge is -2.45. The van der Waals surface area contributed by atoms with Gasteiger partial charge in [-0.05, 0) is 56.5 Å². The number of hydrogen-bond donors (Lipinski definition) is 1. The number of hydrogen-bond acceptors (Lipinski definition) is 2. The lowest BCUT2D eigenvalue weighted by molar-refractivity contribution is 0.0353. The first-order valence-corrected chi connectivity index (χ1v) is 8.64. The van der Waals surface area contributed by atoms with E-state index in [0.717, 1.165) is 36.4 Å². The van der Waals surface area contributed by atoms with Crippen molar-refractivity contribution in [3.63, 3.8) is 0 Å². The van der Waals surface area contributed by atoms with Gasteiger partial charge in [0.05, 0.1) is 0 Å². The highest BCUT2D eigenvalue weighted by Crippen LogP contribution is 2.38. The molecule has 4 atom stereocenters. The zero-order chi connectivity index (χ0) is 13.8. The third-order valence-electron chi connectivity index (χ3n) is 5.78. The SMILES string of the molecule is CCN(C1CCCC1CN)C1CCCCC1C(C)C. The van der Waals surface area contributed by atoms with Gasteiger partial charge >= 0.3 is 0 Å². The molecule has 2 aliphatic carbocycles. The second-order valence-corrected chi connectivity index (χ2v) is 7.08. The van der Waals surface area contributed by atoms with Crippen molar-refractivity contribution in [1.29, 1.82) is 0 Å². The van der Waals surface area contributed by atoms with Gasteiger partial charge in [0.2, 0.25) is 0 Å². The summed E-state index contributed by atoms with van der Waals surface area (Å²) in [4.78, 5) is 2.86. The molecule has 0 saturated heterocycles. The van der Waals surface area contributed by atoms with E-state index in [0.29, 0.717) is 0 Å². The predicted octanol–water partition coefficient (Wildman–Crippen LogP) is 3.65. The maximum Gasteiger partial charge on any atom is 0.0138 e. The Kier molecular flexibility index (Phi) is 5.70. The summed E-state index contributed by atoms with van der Waals surface area (Å²) in [6, 6.07) is 1.61. The van der Waals surface area contributed by atoms with Gasteiger partial charge in [0, 0.05) is 12.1 Å². The fourth-order valence-corrected chi connectivity index (χ4v) is 4.77. The lowest BCUT2D eigenvalue weighted by atomic mass is 9.76. The zero-order valence-corrected chi connectivity index (χ0v) is 13.3. The minimum Gasteiger partial charge on any atom is -0.330 e. The molecule has 0 spiro atoms. The summed E-state index contributed by atoms with van der Waals surface area (Å²) in [6.45, 7) is 9.31. The summed E-state index contributed by atoms with van der Waals surface area (Å²) in [7, 11) is 0. The van der Waals surface area contributed by atoms with Crippen molar-refractivity contribution >= 4 is 0 Å². The first-order chi connectivity index (χ1) is 9.19. The van der Waals surface area contributed by atoms with E-state index in [4.69, 9.17) is 5.73 Å². The summed E-state index contributed by atoms with van der Waals surface area (Å²) < 4.78 is 0. The van der Waals surface area contributed by atoms with Crippen molar-refractivity contribution in [2.45, 2.75) is 77.8 Å². The zero-order valence-electron chi connectivity index (χ0n) is 13.3. The summed E-state index contributed by atoms with van der Waals surface area (Å²) in [5.74, 6) is 2.50. The quantitative estimate of drug-likeness (QED) is 0.823.